The van der Waals surface area contributed by atoms with Gasteiger partial charge in [-0.05, 0) is 12.8 Å². The zero-order valence-corrected chi connectivity index (χ0v) is 13.2. The second kappa shape index (κ2) is 6.27. The van der Waals surface area contributed by atoms with Gasteiger partial charge < -0.3 is 24.6 Å². The Kier molecular flexibility index (Phi) is 4.78. The molecule has 1 saturated heterocycles. The van der Waals surface area contributed by atoms with Gasteiger partial charge in [-0.2, -0.15) is 0 Å². The van der Waals surface area contributed by atoms with Crippen LogP contribution in [0.5, 0.6) is 5.75 Å². The Morgan fingerprint density at radius 2 is 2.23 bits per heavy atom. The molecule has 0 bridgehead atoms. The molecule has 9 heteroatoms. The zero-order valence-electron chi connectivity index (χ0n) is 11.5. The highest BCUT2D eigenvalue weighted by molar-refractivity contribution is 8.10. The summed E-state index contributed by atoms with van der Waals surface area (Å²) in [6.45, 7) is -0.114. The average molecular weight is 345 g/mol. The first-order valence-corrected chi connectivity index (χ1v) is 7.37. The van der Waals surface area contributed by atoms with Crippen LogP contribution in [-0.4, -0.2) is 42.6 Å². The Hall–Kier alpha value is -1.58. The second-order valence-corrected chi connectivity index (χ2v) is 6.17. The quantitative estimate of drug-likeness (QED) is 0.461. The zero-order chi connectivity index (χ0) is 16.5. The Morgan fingerprint density at radius 3 is 2.77 bits per heavy atom. The number of rotatable bonds is 4. The van der Waals surface area contributed by atoms with E-state index < -0.39 is 29.3 Å². The number of nitrogens with zero attached hydrogens (tertiary/aromatic N) is 1. The van der Waals surface area contributed by atoms with Crippen molar-refractivity contribution in [3.05, 3.63) is 27.8 Å². The van der Waals surface area contributed by atoms with Crippen molar-refractivity contribution in [1.82, 2.24) is 4.90 Å². The van der Waals surface area contributed by atoms with Crippen LogP contribution in [-0.2, 0) is 17.8 Å². The molecule has 0 aliphatic carbocycles. The van der Waals surface area contributed by atoms with E-state index in [2.05, 4.69) is 12.6 Å². The third kappa shape index (κ3) is 2.83. The first-order valence-electron chi connectivity index (χ1n) is 6.51. The van der Waals surface area contributed by atoms with Crippen molar-refractivity contribution in [3.63, 3.8) is 0 Å². The van der Waals surface area contributed by atoms with Gasteiger partial charge in [0.25, 0.3) is 0 Å². The van der Waals surface area contributed by atoms with Gasteiger partial charge in [-0.25, -0.2) is 4.79 Å². The van der Waals surface area contributed by atoms with Crippen LogP contribution < -0.4 is 5.43 Å². The van der Waals surface area contributed by atoms with Crippen LogP contribution in [0.1, 0.15) is 24.4 Å². The van der Waals surface area contributed by atoms with Crippen molar-refractivity contribution in [2.24, 2.45) is 0 Å². The Labute approximate surface area is 136 Å². The number of hydrogen-bond acceptors (Lipinski definition) is 6. The monoisotopic (exact) mass is 345 g/mol. The van der Waals surface area contributed by atoms with E-state index in [0.29, 0.717) is 13.0 Å². The molecule has 120 valence electrons. The maximum atomic E-state index is 11.8. The molecule has 0 aromatic carbocycles. The highest BCUT2D eigenvalue weighted by Gasteiger charge is 2.49. The van der Waals surface area contributed by atoms with Gasteiger partial charge in [-0.3, -0.25) is 4.79 Å². The maximum absolute atomic E-state index is 11.8. The highest BCUT2D eigenvalue weighted by atomic mass is 32.1. The summed E-state index contributed by atoms with van der Waals surface area (Å²) in [6, 6.07) is 0.960. The minimum Gasteiger partial charge on any atom is -0.502 e. The molecule has 7 nitrogen and oxygen atoms in total. The van der Waals surface area contributed by atoms with E-state index in [1.807, 2.05) is 0 Å². The minimum atomic E-state index is -1.43. The van der Waals surface area contributed by atoms with Crippen LogP contribution in [0.4, 0.5) is 0 Å². The van der Waals surface area contributed by atoms with Gasteiger partial charge in [0, 0.05) is 19.0 Å². The molecule has 1 unspecified atom stereocenters. The molecule has 0 spiro atoms. The molecule has 1 aliphatic heterocycles. The van der Waals surface area contributed by atoms with E-state index in [0.717, 1.165) is 6.07 Å². The van der Waals surface area contributed by atoms with Crippen molar-refractivity contribution in [1.29, 1.82) is 0 Å². The standard InChI is InChI=1S/C13H15NO6S2/c15-6-7-4-8(16)10(17)9(20-7)5-13(11(18)19)2-1-3-14(13)12(21)22/h4,15,17H,1-3,5-6H2,(H,18,19)(H,21,22). The van der Waals surface area contributed by atoms with Gasteiger partial charge in [0.05, 0.1) is 0 Å². The van der Waals surface area contributed by atoms with Crippen molar-refractivity contribution in [2.75, 3.05) is 6.54 Å². The summed E-state index contributed by atoms with van der Waals surface area (Å²) in [5.41, 5.74) is -2.16. The number of aliphatic hydroxyl groups is 1. The predicted octanol–water partition coefficient (Wildman–Crippen LogP) is 0.514. The number of thiocarbonyl (C=S) groups is 1. The Bertz CT molecular complexity index is 673. The molecule has 22 heavy (non-hydrogen) atoms. The summed E-state index contributed by atoms with van der Waals surface area (Å²) in [7, 11) is 0. The summed E-state index contributed by atoms with van der Waals surface area (Å²) in [4.78, 5) is 24.9. The van der Waals surface area contributed by atoms with Gasteiger partial charge in [0.2, 0.25) is 11.2 Å². The number of aliphatic carboxylic acids is 1. The Balaban J connectivity index is 2.50. The fourth-order valence-corrected chi connectivity index (χ4v) is 3.25. The number of carboxylic acids is 1. The lowest BCUT2D eigenvalue weighted by molar-refractivity contribution is -0.147. The van der Waals surface area contributed by atoms with E-state index >= 15 is 0 Å². The highest BCUT2D eigenvalue weighted by Crippen LogP contribution is 2.35. The molecule has 0 radical (unpaired) electrons. The number of thiol groups is 1. The minimum absolute atomic E-state index is 0.0451. The fourth-order valence-electron chi connectivity index (χ4n) is 2.69. The average Bonchev–Trinajstić information content (AvgIpc) is 2.88. The molecule has 2 heterocycles. The van der Waals surface area contributed by atoms with E-state index in [-0.39, 0.29) is 28.7 Å². The van der Waals surface area contributed by atoms with Crippen molar-refractivity contribution in [3.8, 4) is 5.75 Å². The van der Waals surface area contributed by atoms with Gasteiger partial charge >= 0.3 is 5.97 Å². The third-order valence-electron chi connectivity index (χ3n) is 3.77. The molecule has 1 aliphatic rings. The normalized spacial score (nSPS) is 21.1. The van der Waals surface area contributed by atoms with Crippen LogP contribution in [0.15, 0.2) is 15.3 Å². The number of carboxylic acid groups (broad SMARTS) is 1. The molecular weight excluding hydrogens is 330 g/mol. The first-order chi connectivity index (χ1) is 10.3. The predicted molar refractivity (Wildman–Crippen MR) is 84.2 cm³/mol. The fraction of sp³-hybridized carbons (Fsp3) is 0.462. The van der Waals surface area contributed by atoms with Crippen LogP contribution in [0, 0.1) is 0 Å². The number of likely N-dealkylation sites (tertiary alicyclic amines) is 1. The largest absolute Gasteiger partial charge is 0.502 e. The molecule has 0 saturated carbocycles. The SMILES string of the molecule is O=C(O)C1(Cc2oc(CO)cc(=O)c2O)CCCN1C(=S)S. The number of aliphatic hydroxyl groups excluding tert-OH is 1. The number of aromatic hydroxyl groups is 1. The van der Waals surface area contributed by atoms with Crippen molar-refractivity contribution < 1.29 is 24.5 Å². The van der Waals surface area contributed by atoms with Crippen LogP contribution >= 0.6 is 24.8 Å². The molecular formula is C13H15NO6S2. The third-order valence-corrected chi connectivity index (χ3v) is 4.23. The van der Waals surface area contributed by atoms with E-state index in [1.165, 1.54) is 4.90 Å². The topological polar surface area (TPSA) is 111 Å². The smallest absolute Gasteiger partial charge is 0.330 e. The van der Waals surface area contributed by atoms with Crippen molar-refractivity contribution in [2.45, 2.75) is 31.4 Å². The lowest BCUT2D eigenvalue weighted by atomic mass is 9.90. The molecule has 1 fully saturated rings. The van der Waals surface area contributed by atoms with Crippen LogP contribution in [0.2, 0.25) is 0 Å². The number of carbonyl (C=O) groups is 1. The summed E-state index contributed by atoms with van der Waals surface area (Å²) < 4.78 is 5.37. The molecule has 1 aromatic heterocycles. The molecule has 0 amide bonds. The molecule has 1 atom stereocenters. The summed E-state index contributed by atoms with van der Waals surface area (Å²) in [6.07, 6.45) is 0.602. The molecule has 2 rings (SSSR count). The molecule has 3 N–H and O–H groups in total. The molecule has 1 aromatic rings. The van der Waals surface area contributed by atoms with Crippen LogP contribution in [0.25, 0.3) is 0 Å². The Morgan fingerprint density at radius 1 is 1.55 bits per heavy atom. The van der Waals surface area contributed by atoms with E-state index in [4.69, 9.17) is 21.7 Å². The lowest BCUT2D eigenvalue weighted by Crippen LogP contribution is -2.53. The first kappa shape index (κ1) is 16.8. The van der Waals surface area contributed by atoms with Gasteiger partial charge in [0.15, 0.2) is 5.76 Å². The number of hydrogen-bond donors (Lipinski definition) is 4. The van der Waals surface area contributed by atoms with Crippen molar-refractivity contribution >= 4 is 35.1 Å². The van der Waals surface area contributed by atoms with Gasteiger partial charge in [0.1, 0.15) is 22.2 Å². The van der Waals surface area contributed by atoms with Gasteiger partial charge in [-0.1, -0.05) is 12.2 Å². The van der Waals surface area contributed by atoms with E-state index in [1.54, 1.807) is 0 Å². The van der Waals surface area contributed by atoms with Gasteiger partial charge in [-0.15, -0.1) is 12.6 Å². The summed E-state index contributed by atoms with van der Waals surface area (Å²) >= 11 is 9.03. The van der Waals surface area contributed by atoms with Crippen LogP contribution in [0.3, 0.4) is 0 Å². The summed E-state index contributed by atoms with van der Waals surface area (Å²) in [5, 5.41) is 28.6. The maximum Gasteiger partial charge on any atom is 0.330 e. The second-order valence-electron chi connectivity index (χ2n) is 5.06. The summed E-state index contributed by atoms with van der Waals surface area (Å²) in [5.74, 6) is -2.03. The lowest BCUT2D eigenvalue weighted by Gasteiger charge is -2.34. The van der Waals surface area contributed by atoms with E-state index in [9.17, 15) is 19.8 Å².